The Labute approximate surface area is 560 Å². The Morgan fingerprint density at radius 2 is 1.09 bits per heavy atom. The van der Waals surface area contributed by atoms with E-state index in [1.165, 1.54) is 11.1 Å². The number of urea groups is 1. The molecule has 5 aromatic heterocycles. The van der Waals surface area contributed by atoms with Gasteiger partial charge in [-0.05, 0) is 175 Å². The van der Waals surface area contributed by atoms with Crippen molar-refractivity contribution in [1.29, 1.82) is 0 Å². The van der Waals surface area contributed by atoms with E-state index in [9.17, 15) is 34.5 Å². The number of hydrogen-bond acceptors (Lipinski definition) is 17. The van der Waals surface area contributed by atoms with E-state index in [-0.39, 0.29) is 42.0 Å². The summed E-state index contributed by atoms with van der Waals surface area (Å²) in [5.41, 5.74) is 15.6. The molecule has 11 heterocycles. The molecule has 5 fully saturated rings. The lowest BCUT2D eigenvalue weighted by Crippen LogP contribution is -2.48. The fourth-order valence-electron chi connectivity index (χ4n) is 15.1. The van der Waals surface area contributed by atoms with Gasteiger partial charge in [-0.2, -0.15) is 0 Å². The lowest BCUT2D eigenvalue weighted by molar-refractivity contribution is -0.123. The third-order valence-electron chi connectivity index (χ3n) is 20.2. The molecule has 17 rings (SSSR count). The third-order valence-corrected chi connectivity index (χ3v) is 20.2. The molecule has 0 radical (unpaired) electrons. The molecule has 6 aliphatic heterocycles. The van der Waals surface area contributed by atoms with Crippen molar-refractivity contribution < 1.29 is 57.8 Å². The number of likely N-dealkylation sites (tertiary alicyclic amines) is 1. The molecule has 0 spiro atoms. The second-order valence-electron chi connectivity index (χ2n) is 28.0. The van der Waals surface area contributed by atoms with Gasteiger partial charge < -0.3 is 74.6 Å². The summed E-state index contributed by atoms with van der Waals surface area (Å²) < 4.78 is 27.8. The van der Waals surface area contributed by atoms with Crippen molar-refractivity contribution in [3.8, 4) is 23.0 Å². The van der Waals surface area contributed by atoms with Gasteiger partial charge in [-0.1, -0.05) is 43.4 Å². The monoisotopic (exact) mass is 1300 g/mol. The number of ether oxygens (including phenoxy) is 1. The first kappa shape index (κ1) is 64.9. The number of aromatic amines is 1. The van der Waals surface area contributed by atoms with Crippen molar-refractivity contribution in [2.75, 3.05) is 32.7 Å². The molecule has 12 aliphatic rings. The van der Waals surface area contributed by atoms with Crippen molar-refractivity contribution in [2.45, 2.75) is 129 Å². The van der Waals surface area contributed by atoms with Crippen molar-refractivity contribution in [2.24, 2.45) is 35.5 Å². The van der Waals surface area contributed by atoms with Crippen LogP contribution in [0.2, 0.25) is 0 Å². The molecular weight excluding hydrogens is 1220 g/mol. The van der Waals surface area contributed by atoms with Crippen LogP contribution < -0.4 is 39.9 Å². The highest BCUT2D eigenvalue weighted by Gasteiger charge is 2.43. The predicted molar refractivity (Wildman–Crippen MR) is 370 cm³/mol. The summed E-state index contributed by atoms with van der Waals surface area (Å²) in [7, 11) is -3.73. The van der Waals surface area contributed by atoms with E-state index in [1.807, 2.05) is 51.9 Å². The van der Waals surface area contributed by atoms with Crippen LogP contribution in [0, 0.1) is 35.5 Å². The highest BCUT2D eigenvalue weighted by atomic mass is 16.6. The van der Waals surface area contributed by atoms with Gasteiger partial charge in [-0.15, -0.1) is 0 Å². The molecule has 4 amide bonds. The number of hydrogen-bond donors (Lipinski definition) is 9. The summed E-state index contributed by atoms with van der Waals surface area (Å²) in [6, 6.07) is 2.29. The minimum atomic E-state index is -1.02. The molecule has 3 saturated carbocycles. The standard InChI is InChI=1S/C20H26BN3O4.C18H19BN2O3.C17H20BN3O3.C15H17BN2O2/c1-12-6-8-24(19(25)27-20(2,3)4)11-15(12)14-9-21(26)28-16-10-23-18-13(17(14)16)5-7-22-18;22-18(10-4-5-10)21-12-6-11(7-12)14-8-19(23)24-16-9-20-15-3-1-2-13(15)17(14)16;1-2-19-17(22)21-11-6-10(7-11)13-8-18(23)24-15-9-20-14-5-3-4-12(14)16(13)15;19-16-8-12(10-4-6-17-7-5-10)15-11-2-1-3-13(11)18-9-14(15)20-16/h5,7,9-10,12,15,26H,6,8,11H2,1-4H3,(H,22,23);1-2,8-12,23H,3-7H2,(H,21,22);3-4,8-11,23H,2,5-7H2,1H3,(H2,19,21,22);1-2,8-10,17,19H,3-7H2. The van der Waals surface area contributed by atoms with Gasteiger partial charge in [0.2, 0.25) is 5.91 Å². The number of carbonyl (C=O) groups is 3. The summed E-state index contributed by atoms with van der Waals surface area (Å²) >= 11 is 0. The largest absolute Gasteiger partial charge is 0.552 e. The zero-order valence-electron chi connectivity index (χ0n) is 55.0. The average Bonchev–Trinajstić information content (AvgIpc) is 1.15. The highest BCUT2D eigenvalue weighted by molar-refractivity contribution is 6.54. The maximum Gasteiger partial charge on any atom is 0.552 e. The number of piperidine rings is 2. The van der Waals surface area contributed by atoms with Gasteiger partial charge >= 0.3 is 40.6 Å². The highest BCUT2D eigenvalue weighted by Crippen LogP contribution is 2.50. The quantitative estimate of drug-likeness (QED) is 0.0665. The molecule has 9 N–H and O–H groups in total. The fraction of sp³-hybridized carbons (Fsp3) is 0.443. The number of carbonyl (C=O) groups excluding carboxylic acids is 3. The summed E-state index contributed by atoms with van der Waals surface area (Å²) in [5.74, 6) is 11.9. The Hall–Kier alpha value is -8.41. The number of nitrogens with zero attached hydrogens (tertiary/aromatic N) is 5. The smallest absolute Gasteiger partial charge is 0.531 e. The van der Waals surface area contributed by atoms with E-state index in [0.717, 1.165) is 174 Å². The second kappa shape index (κ2) is 27.2. The molecule has 26 heteroatoms. The third kappa shape index (κ3) is 13.7. The van der Waals surface area contributed by atoms with Crippen LogP contribution in [0.5, 0.6) is 23.0 Å². The van der Waals surface area contributed by atoms with E-state index in [1.54, 1.807) is 41.6 Å². The predicted octanol–water partition coefficient (Wildman–Crippen LogP) is 7.99. The van der Waals surface area contributed by atoms with Crippen LogP contribution >= 0.6 is 0 Å². The number of H-pyrrole nitrogens is 1. The topological polar surface area (TPSA) is 297 Å². The minimum Gasteiger partial charge on any atom is -0.531 e. The molecular formula is C70H82B4N10O12. The Morgan fingerprint density at radius 3 is 1.58 bits per heavy atom. The zero-order valence-corrected chi connectivity index (χ0v) is 55.0. The normalized spacial score (nSPS) is 23.6. The van der Waals surface area contributed by atoms with Gasteiger partial charge in [-0.3, -0.25) is 19.7 Å². The van der Waals surface area contributed by atoms with Gasteiger partial charge in [0.15, 0.2) is 0 Å². The summed E-state index contributed by atoms with van der Waals surface area (Å²) in [5, 5.41) is 53.5. The lowest BCUT2D eigenvalue weighted by atomic mass is 9.68. The fourth-order valence-corrected chi connectivity index (χ4v) is 15.1. The maximum absolute atomic E-state index is 12.6. The Kier molecular flexibility index (Phi) is 18.4. The van der Waals surface area contributed by atoms with Crippen LogP contribution in [-0.4, -0.2) is 147 Å². The van der Waals surface area contributed by atoms with Gasteiger partial charge in [-0.25, -0.2) is 14.6 Å². The molecule has 96 heavy (non-hydrogen) atoms. The number of fused-ring (bicyclic) bond motifs is 12. The molecule has 5 aromatic rings. The van der Waals surface area contributed by atoms with Crippen LogP contribution in [0.15, 0.2) is 79.2 Å². The van der Waals surface area contributed by atoms with Crippen molar-refractivity contribution in [1.82, 2.24) is 51.1 Å². The van der Waals surface area contributed by atoms with Crippen molar-refractivity contribution in [3.05, 3.63) is 135 Å². The first-order valence-electron chi connectivity index (χ1n) is 34.2. The number of pyridine rings is 4. The number of allylic oxidation sites excluding steroid dienone is 6. The Balaban J connectivity index is 0.000000111. The molecule has 2 atom stereocenters. The zero-order chi connectivity index (χ0) is 66.5. The Morgan fingerprint density at radius 1 is 0.625 bits per heavy atom. The summed E-state index contributed by atoms with van der Waals surface area (Å²) in [6.45, 7) is 13.6. The average molecular weight is 1300 g/mol. The SMILES string of the molecule is CC1CCN(C(=O)OC(C)(C)C)CC1C1=CB(O)Oc2cnc3[nH]ccc3c21.CCNC(=O)NC1CC(C2=CB(O)Oc3cnc4c(c32)C=CC4)C1.O=C(NC1CC(C2=CB(O)Oc3cnc4c(c32)C=CC4)C1)C1CC1.OB1C=C(C2CCNCC2)c2c(cnc3c2C=CC3)O1. The van der Waals surface area contributed by atoms with Gasteiger partial charge in [0, 0.05) is 113 Å². The lowest BCUT2D eigenvalue weighted by Gasteiger charge is -2.40. The van der Waals surface area contributed by atoms with E-state index >= 15 is 0 Å². The maximum atomic E-state index is 12.6. The number of nitrogens with one attached hydrogen (secondary N) is 5. The molecule has 2 saturated heterocycles. The minimum absolute atomic E-state index is 0.0686. The molecule has 496 valence electrons. The van der Waals surface area contributed by atoms with E-state index < -0.39 is 34.1 Å². The van der Waals surface area contributed by atoms with Crippen molar-refractivity contribution in [3.63, 3.8) is 0 Å². The summed E-state index contributed by atoms with van der Waals surface area (Å²) in [4.78, 5) is 58.7. The van der Waals surface area contributed by atoms with Crippen molar-refractivity contribution >= 4 is 98.1 Å². The van der Waals surface area contributed by atoms with Crippen LogP contribution in [0.4, 0.5) is 9.59 Å². The Bertz CT molecular complexity index is 4090. The summed E-state index contributed by atoms with van der Waals surface area (Å²) in [6.07, 6.45) is 32.4. The van der Waals surface area contributed by atoms with E-state index in [0.29, 0.717) is 60.6 Å². The molecule has 0 bridgehead atoms. The second-order valence-corrected chi connectivity index (χ2v) is 28.0. The molecule has 2 unspecified atom stereocenters. The van der Waals surface area contributed by atoms with Crippen LogP contribution in [0.25, 0.3) is 51.6 Å². The van der Waals surface area contributed by atoms with Gasteiger partial charge in [0.1, 0.15) is 34.2 Å². The molecule has 22 nitrogen and oxygen atoms in total. The van der Waals surface area contributed by atoms with Crippen LogP contribution in [-0.2, 0) is 28.8 Å². The number of rotatable bonds is 8. The number of amides is 4. The first-order valence-corrected chi connectivity index (χ1v) is 34.2. The van der Waals surface area contributed by atoms with E-state index in [4.69, 9.17) is 23.4 Å². The first-order chi connectivity index (χ1) is 46.4. The van der Waals surface area contributed by atoms with Crippen LogP contribution in [0.3, 0.4) is 0 Å². The van der Waals surface area contributed by atoms with Crippen LogP contribution in [0.1, 0.15) is 148 Å². The van der Waals surface area contributed by atoms with Gasteiger partial charge in [0.05, 0.1) is 41.9 Å². The van der Waals surface area contributed by atoms with Gasteiger partial charge in [0.25, 0.3) is 0 Å². The van der Waals surface area contributed by atoms with E-state index in [2.05, 4.69) is 89.6 Å². The molecule has 0 aromatic carbocycles. The number of aromatic nitrogens is 5. The molecule has 6 aliphatic carbocycles.